The van der Waals surface area contributed by atoms with Crippen LogP contribution in [0.3, 0.4) is 0 Å². The quantitative estimate of drug-likeness (QED) is 0.478. The van der Waals surface area contributed by atoms with Crippen LogP contribution in [-0.4, -0.2) is 14.9 Å². The van der Waals surface area contributed by atoms with Crippen molar-refractivity contribution in [3.8, 4) is 6.07 Å². The molecule has 3 rings (SSSR count). The van der Waals surface area contributed by atoms with Gasteiger partial charge in [0.2, 0.25) is 5.69 Å². The van der Waals surface area contributed by atoms with Crippen molar-refractivity contribution in [2.75, 3.05) is 0 Å². The molecule has 0 fully saturated rings. The second-order valence-electron chi connectivity index (χ2n) is 3.54. The molecule has 1 heterocycles. The van der Waals surface area contributed by atoms with Crippen LogP contribution in [0.2, 0.25) is 0 Å². The van der Waals surface area contributed by atoms with E-state index >= 15 is 0 Å². The van der Waals surface area contributed by atoms with Crippen molar-refractivity contribution in [2.24, 2.45) is 0 Å². The van der Waals surface area contributed by atoms with Gasteiger partial charge in [-0.3, -0.25) is 0 Å². The largest absolute Gasteiger partial charge is 0.400 e. The van der Waals surface area contributed by atoms with E-state index in [-0.39, 0.29) is 5.69 Å². The van der Waals surface area contributed by atoms with Gasteiger partial charge >= 0.3 is 5.82 Å². The molecule has 0 saturated carbocycles. The average molecular weight is 240 g/mol. The Labute approximate surface area is 103 Å². The third kappa shape index (κ3) is 2.65. The number of nitro groups is 1. The lowest BCUT2D eigenvalue weighted by molar-refractivity contribution is -0.390. The summed E-state index contributed by atoms with van der Waals surface area (Å²) in [4.78, 5) is 16.2. The first-order valence-electron chi connectivity index (χ1n) is 5.14. The summed E-state index contributed by atoms with van der Waals surface area (Å²) in [6.07, 6.45) is 3.64. The van der Waals surface area contributed by atoms with E-state index in [1.807, 2.05) is 0 Å². The van der Waals surface area contributed by atoms with Crippen LogP contribution in [0.1, 0.15) is 16.8 Å². The maximum Gasteiger partial charge on any atom is 0.400 e. The fourth-order valence-corrected chi connectivity index (χ4v) is 1.38. The molecular weight excluding hydrogens is 232 g/mol. The summed E-state index contributed by atoms with van der Waals surface area (Å²) in [5.41, 5.74) is 2.79. The number of nitriles is 1. The van der Waals surface area contributed by atoms with Crippen LogP contribution in [0.5, 0.6) is 0 Å². The lowest BCUT2D eigenvalue weighted by atomic mass is 10.4. The van der Waals surface area contributed by atoms with Gasteiger partial charge in [0.15, 0.2) is 6.20 Å². The summed E-state index contributed by atoms with van der Waals surface area (Å²) in [6.45, 7) is 0. The molecule has 0 radical (unpaired) electrons. The second kappa shape index (κ2) is 5.01. The van der Waals surface area contributed by atoms with E-state index in [1.54, 1.807) is 6.07 Å². The lowest BCUT2D eigenvalue weighted by Gasteiger charge is -1.90. The van der Waals surface area contributed by atoms with Crippen LogP contribution in [0.15, 0.2) is 36.7 Å². The molecule has 1 aliphatic rings. The van der Waals surface area contributed by atoms with Crippen LogP contribution < -0.4 is 0 Å². The molecule has 0 spiro atoms. The number of nitrogens with zero attached hydrogens (tertiary/aromatic N) is 4. The highest BCUT2D eigenvalue weighted by Gasteiger charge is 2.14. The Morgan fingerprint density at radius 1 is 1.22 bits per heavy atom. The van der Waals surface area contributed by atoms with Crippen molar-refractivity contribution in [3.63, 3.8) is 0 Å². The molecule has 1 aliphatic carbocycles. The van der Waals surface area contributed by atoms with E-state index in [0.29, 0.717) is 0 Å². The van der Waals surface area contributed by atoms with Gasteiger partial charge in [0.05, 0.1) is 6.20 Å². The van der Waals surface area contributed by atoms with Gasteiger partial charge in [-0.15, -0.1) is 0 Å². The smallest absolute Gasteiger partial charge is 0.358 e. The number of rotatable bonds is 1. The molecule has 6 heteroatoms. The van der Waals surface area contributed by atoms with Gasteiger partial charge < -0.3 is 10.1 Å². The van der Waals surface area contributed by atoms with E-state index < -0.39 is 10.7 Å². The van der Waals surface area contributed by atoms with Gasteiger partial charge in [0.1, 0.15) is 6.07 Å². The van der Waals surface area contributed by atoms with Crippen molar-refractivity contribution in [3.05, 3.63) is 63.6 Å². The van der Waals surface area contributed by atoms with Gasteiger partial charge in [-0.25, -0.2) is 4.98 Å². The molecular formula is C12H8N4O2. The zero-order chi connectivity index (χ0) is 13.0. The lowest BCUT2D eigenvalue weighted by Crippen LogP contribution is -1.96. The number of fused-ring (bicyclic) bond motifs is 1. The van der Waals surface area contributed by atoms with Crippen molar-refractivity contribution >= 4 is 5.82 Å². The summed E-state index contributed by atoms with van der Waals surface area (Å²) < 4.78 is 0. The van der Waals surface area contributed by atoms with Crippen LogP contribution in [0.4, 0.5) is 5.82 Å². The Balaban J connectivity index is 0.000000146. The molecule has 0 amide bonds. The average Bonchev–Trinajstić information content (AvgIpc) is 3.18. The maximum atomic E-state index is 10.1. The van der Waals surface area contributed by atoms with Gasteiger partial charge in [0, 0.05) is 0 Å². The molecule has 0 atom stereocenters. The number of aromatic nitrogens is 2. The predicted molar refractivity (Wildman–Crippen MR) is 62.6 cm³/mol. The number of benzene rings is 1. The molecule has 88 valence electrons. The third-order valence-corrected chi connectivity index (χ3v) is 2.33. The minimum absolute atomic E-state index is 0.266. The molecule has 18 heavy (non-hydrogen) atoms. The fraction of sp³-hybridized carbons (Fsp3) is 0.0833. The van der Waals surface area contributed by atoms with Gasteiger partial charge in [-0.2, -0.15) is 5.26 Å². The second-order valence-corrected chi connectivity index (χ2v) is 3.54. The van der Waals surface area contributed by atoms with Crippen LogP contribution in [0.25, 0.3) is 0 Å². The Morgan fingerprint density at radius 3 is 2.28 bits per heavy atom. The minimum Gasteiger partial charge on any atom is -0.358 e. The molecule has 2 aromatic rings. The number of hydrogen-bond donors (Lipinski definition) is 0. The van der Waals surface area contributed by atoms with Crippen LogP contribution in [-0.2, 0) is 6.42 Å². The molecule has 0 aliphatic heterocycles. The summed E-state index contributed by atoms with van der Waals surface area (Å²) in [6, 6.07) is 10.1. The highest BCUT2D eigenvalue weighted by molar-refractivity contribution is 5.44. The Morgan fingerprint density at radius 2 is 1.83 bits per heavy atom. The molecule has 0 unspecified atom stereocenters. The molecule has 1 aromatic heterocycles. The molecule has 1 aromatic carbocycles. The minimum atomic E-state index is -0.744. The first-order valence-corrected chi connectivity index (χ1v) is 5.14. The van der Waals surface area contributed by atoms with E-state index in [2.05, 4.69) is 34.2 Å². The zero-order valence-electron chi connectivity index (χ0n) is 9.28. The van der Waals surface area contributed by atoms with Crippen molar-refractivity contribution in [1.82, 2.24) is 9.97 Å². The van der Waals surface area contributed by atoms with Gasteiger partial charge in [0.25, 0.3) is 0 Å². The summed E-state index contributed by atoms with van der Waals surface area (Å²) >= 11 is 0. The Kier molecular flexibility index (Phi) is 3.25. The molecule has 6 nitrogen and oxygen atoms in total. The summed E-state index contributed by atoms with van der Waals surface area (Å²) in [7, 11) is 0. The van der Waals surface area contributed by atoms with E-state index in [9.17, 15) is 10.1 Å². The Hall–Kier alpha value is -2.81. The van der Waals surface area contributed by atoms with E-state index in [4.69, 9.17) is 5.26 Å². The highest BCUT2D eigenvalue weighted by Crippen LogP contribution is 2.25. The van der Waals surface area contributed by atoms with Crippen LogP contribution in [0, 0.1) is 21.4 Å². The van der Waals surface area contributed by atoms with E-state index in [0.717, 1.165) is 0 Å². The van der Waals surface area contributed by atoms with E-state index in [1.165, 1.54) is 29.9 Å². The highest BCUT2D eigenvalue weighted by atomic mass is 16.6. The standard InChI is InChI=1S/C7H6.C5H2N4O2/c1-2-4-7-5-6(7)3-1;6-3-4-5(9(10)11)8-2-1-7-4/h1-4H,5H2;1-2H. The topological polar surface area (TPSA) is 92.7 Å². The van der Waals surface area contributed by atoms with Crippen molar-refractivity contribution < 1.29 is 4.92 Å². The first-order chi connectivity index (χ1) is 8.72. The Bertz CT molecular complexity index is 613. The third-order valence-electron chi connectivity index (χ3n) is 2.33. The predicted octanol–water partition coefficient (Wildman–Crippen LogP) is 1.85. The summed E-state index contributed by atoms with van der Waals surface area (Å²) in [5, 5.41) is 18.4. The summed E-state index contributed by atoms with van der Waals surface area (Å²) in [5.74, 6) is -0.505. The van der Waals surface area contributed by atoms with Gasteiger partial charge in [-0.05, 0) is 27.5 Å². The SMILES string of the molecule is N#Cc1nccnc1[N+](=O)[O-].c1ccc2c(c1)C2. The normalized spacial score (nSPS) is 10.4. The fourth-order valence-electron chi connectivity index (χ4n) is 1.38. The number of hydrogen-bond acceptors (Lipinski definition) is 5. The molecule has 0 N–H and O–H groups in total. The van der Waals surface area contributed by atoms with Crippen molar-refractivity contribution in [1.29, 1.82) is 5.26 Å². The van der Waals surface area contributed by atoms with Gasteiger partial charge in [-0.1, -0.05) is 24.3 Å². The monoisotopic (exact) mass is 240 g/mol. The molecule has 0 saturated heterocycles. The van der Waals surface area contributed by atoms with Crippen molar-refractivity contribution in [2.45, 2.75) is 6.42 Å². The zero-order valence-corrected chi connectivity index (χ0v) is 9.28. The molecule has 0 bridgehead atoms. The first kappa shape index (κ1) is 11.7. The van der Waals surface area contributed by atoms with Crippen LogP contribution >= 0.6 is 0 Å². The maximum absolute atomic E-state index is 10.1.